The molecular formula is C20H30N6O3S. The molecule has 0 atom stereocenters. The molecule has 2 N–H and O–H groups in total. The minimum absolute atomic E-state index is 0.0195. The molecule has 1 aliphatic heterocycles. The summed E-state index contributed by atoms with van der Waals surface area (Å²) in [5.41, 5.74) is 2.75. The zero-order chi connectivity index (χ0) is 21.4. The molecule has 2 heterocycles. The number of nitrogens with one attached hydrogen (secondary N) is 2. The molecular weight excluding hydrogens is 404 g/mol. The molecule has 3 rings (SSSR count). The van der Waals surface area contributed by atoms with Gasteiger partial charge < -0.3 is 14.7 Å². The largest absolute Gasteiger partial charge is 0.364 e. The topological polar surface area (TPSA) is 103 Å². The van der Waals surface area contributed by atoms with Gasteiger partial charge in [-0.1, -0.05) is 29.4 Å². The number of nitrogens with zero attached hydrogens (tertiary/aromatic N) is 4. The van der Waals surface area contributed by atoms with Crippen molar-refractivity contribution in [3.63, 3.8) is 0 Å². The van der Waals surface area contributed by atoms with Gasteiger partial charge in [-0.05, 0) is 25.1 Å². The maximum absolute atomic E-state index is 11.7. The fourth-order valence-electron chi connectivity index (χ4n) is 3.29. The highest BCUT2D eigenvalue weighted by Gasteiger charge is 2.20. The molecule has 0 spiro atoms. The summed E-state index contributed by atoms with van der Waals surface area (Å²) in [7, 11) is -1.84. The average Bonchev–Trinajstić information content (AvgIpc) is 3.26. The van der Waals surface area contributed by atoms with Crippen molar-refractivity contribution in [1.29, 1.82) is 0 Å². The van der Waals surface area contributed by atoms with Crippen molar-refractivity contribution in [1.82, 2.24) is 25.0 Å². The van der Waals surface area contributed by atoms with E-state index in [9.17, 15) is 8.42 Å². The molecule has 30 heavy (non-hydrogen) atoms. The molecule has 0 saturated carbocycles. The van der Waals surface area contributed by atoms with Crippen molar-refractivity contribution in [3.8, 4) is 0 Å². The Morgan fingerprint density at radius 1 is 1.13 bits per heavy atom. The zero-order valence-corrected chi connectivity index (χ0v) is 18.4. The van der Waals surface area contributed by atoms with E-state index in [0.29, 0.717) is 6.54 Å². The van der Waals surface area contributed by atoms with Gasteiger partial charge in [0.1, 0.15) is 6.26 Å². The van der Waals surface area contributed by atoms with Gasteiger partial charge in [-0.15, -0.1) is 0 Å². The number of aliphatic imine (C=N–C) groups is 1. The van der Waals surface area contributed by atoms with E-state index in [4.69, 9.17) is 9.52 Å². The van der Waals surface area contributed by atoms with Crippen molar-refractivity contribution >= 4 is 16.0 Å². The molecule has 1 aromatic heterocycles. The molecule has 1 saturated heterocycles. The predicted molar refractivity (Wildman–Crippen MR) is 116 cm³/mol. The third kappa shape index (κ3) is 6.54. The van der Waals surface area contributed by atoms with Gasteiger partial charge >= 0.3 is 0 Å². The number of rotatable bonds is 8. The summed E-state index contributed by atoms with van der Waals surface area (Å²) in [5, 5.41) is 7.36. The Morgan fingerprint density at radius 2 is 1.83 bits per heavy atom. The van der Waals surface area contributed by atoms with Crippen LogP contribution in [0.25, 0.3) is 0 Å². The van der Waals surface area contributed by atoms with E-state index in [2.05, 4.69) is 31.9 Å². The van der Waals surface area contributed by atoms with Crippen LogP contribution < -0.4 is 10.0 Å². The molecule has 0 aliphatic carbocycles. The van der Waals surface area contributed by atoms with E-state index in [1.165, 1.54) is 7.05 Å². The van der Waals surface area contributed by atoms with Gasteiger partial charge in [-0.3, -0.25) is 4.90 Å². The molecule has 0 bridgehead atoms. The van der Waals surface area contributed by atoms with E-state index in [1.54, 1.807) is 6.26 Å². The first-order valence-corrected chi connectivity index (χ1v) is 11.8. The van der Waals surface area contributed by atoms with E-state index < -0.39 is 10.0 Å². The van der Waals surface area contributed by atoms with Gasteiger partial charge in [-0.2, -0.15) is 0 Å². The number of sulfonamides is 1. The van der Waals surface area contributed by atoms with Crippen LogP contribution in [-0.2, 0) is 28.9 Å². The Kier molecular flexibility index (Phi) is 7.83. The highest BCUT2D eigenvalue weighted by molar-refractivity contribution is 7.88. The van der Waals surface area contributed by atoms with Crippen LogP contribution in [0, 0.1) is 0 Å². The lowest BCUT2D eigenvalue weighted by molar-refractivity contribution is 0.169. The Morgan fingerprint density at radius 3 is 2.43 bits per heavy atom. The maximum Gasteiger partial charge on any atom is 0.215 e. The number of hydrogen-bond donors (Lipinski definition) is 2. The second kappa shape index (κ2) is 10.6. The van der Waals surface area contributed by atoms with E-state index in [0.717, 1.165) is 62.0 Å². The maximum atomic E-state index is 11.7. The van der Waals surface area contributed by atoms with Gasteiger partial charge in [0.25, 0.3) is 0 Å². The lowest BCUT2D eigenvalue weighted by Gasteiger charge is -2.36. The standard InChI is InChI=1S/C20H30N6O3S/c1-3-22-20(26-11-9-25(10-12-26)15-19-8-13-29-24-19)23-14-17-4-6-18(7-5-17)16-30(27,28)21-2/h4-8,13,21H,3,9-12,14-16H2,1-2H3,(H,22,23). The van der Waals surface area contributed by atoms with Crippen LogP contribution in [0.15, 0.2) is 46.1 Å². The highest BCUT2D eigenvalue weighted by Crippen LogP contribution is 2.11. The van der Waals surface area contributed by atoms with Crippen LogP contribution in [0.5, 0.6) is 0 Å². The van der Waals surface area contributed by atoms with Gasteiger partial charge in [0.05, 0.1) is 18.0 Å². The van der Waals surface area contributed by atoms with Crippen molar-refractivity contribution < 1.29 is 12.9 Å². The number of hydrogen-bond acceptors (Lipinski definition) is 6. The van der Waals surface area contributed by atoms with Crippen molar-refractivity contribution in [2.24, 2.45) is 4.99 Å². The predicted octanol–water partition coefficient (Wildman–Crippen LogP) is 1.01. The molecule has 10 heteroatoms. The molecule has 9 nitrogen and oxygen atoms in total. The number of benzene rings is 1. The third-order valence-electron chi connectivity index (χ3n) is 4.99. The van der Waals surface area contributed by atoms with Gasteiger partial charge in [0.2, 0.25) is 10.0 Å². The molecule has 1 fully saturated rings. The minimum atomic E-state index is -3.26. The van der Waals surface area contributed by atoms with Crippen LogP contribution in [0.3, 0.4) is 0 Å². The summed E-state index contributed by atoms with van der Waals surface area (Å²) >= 11 is 0. The quantitative estimate of drug-likeness (QED) is 0.472. The SMILES string of the molecule is CCNC(=NCc1ccc(CS(=O)(=O)NC)cc1)N1CCN(Cc2ccon2)CC1. The highest BCUT2D eigenvalue weighted by atomic mass is 32.2. The lowest BCUT2D eigenvalue weighted by atomic mass is 10.1. The van der Waals surface area contributed by atoms with E-state index >= 15 is 0 Å². The summed E-state index contributed by atoms with van der Waals surface area (Å²) in [6.07, 6.45) is 1.60. The summed E-state index contributed by atoms with van der Waals surface area (Å²) in [6, 6.07) is 9.45. The Bertz CT molecular complexity index is 905. The van der Waals surface area contributed by atoms with Crippen LogP contribution >= 0.6 is 0 Å². The van der Waals surface area contributed by atoms with E-state index in [-0.39, 0.29) is 5.75 Å². The number of piperazine rings is 1. The average molecular weight is 435 g/mol. The molecule has 1 aromatic carbocycles. The van der Waals surface area contributed by atoms with Gasteiger partial charge in [-0.25, -0.2) is 18.1 Å². The van der Waals surface area contributed by atoms with Crippen molar-refractivity contribution in [2.75, 3.05) is 39.8 Å². The molecule has 0 radical (unpaired) electrons. The smallest absolute Gasteiger partial charge is 0.215 e. The molecule has 1 aliphatic rings. The Hall–Kier alpha value is -2.43. The molecule has 164 valence electrons. The normalized spacial score (nSPS) is 16.1. The van der Waals surface area contributed by atoms with Crippen LogP contribution in [0.4, 0.5) is 0 Å². The monoisotopic (exact) mass is 434 g/mol. The fraction of sp³-hybridized carbons (Fsp3) is 0.500. The summed E-state index contributed by atoms with van der Waals surface area (Å²) < 4.78 is 30.6. The molecule has 0 amide bonds. The number of aromatic nitrogens is 1. The fourth-order valence-corrected chi connectivity index (χ4v) is 4.07. The summed E-state index contributed by atoms with van der Waals surface area (Å²) in [6.45, 7) is 7.87. The van der Waals surface area contributed by atoms with Crippen LogP contribution in [0.2, 0.25) is 0 Å². The number of guanidine groups is 1. The molecule has 2 aromatic rings. The van der Waals surface area contributed by atoms with Crippen LogP contribution in [-0.4, -0.2) is 69.1 Å². The van der Waals surface area contributed by atoms with Gasteiger partial charge in [0, 0.05) is 45.3 Å². The Balaban J connectivity index is 1.55. The third-order valence-corrected chi connectivity index (χ3v) is 6.32. The summed E-state index contributed by atoms with van der Waals surface area (Å²) in [4.78, 5) is 9.42. The first-order chi connectivity index (χ1) is 14.5. The zero-order valence-electron chi connectivity index (χ0n) is 17.5. The first kappa shape index (κ1) is 22.3. The van der Waals surface area contributed by atoms with Crippen LogP contribution in [0.1, 0.15) is 23.7 Å². The van der Waals surface area contributed by atoms with Gasteiger partial charge in [0.15, 0.2) is 5.96 Å². The Labute approximate surface area is 178 Å². The second-order valence-corrected chi connectivity index (χ2v) is 9.13. The first-order valence-electron chi connectivity index (χ1n) is 10.1. The minimum Gasteiger partial charge on any atom is -0.364 e. The lowest BCUT2D eigenvalue weighted by Crippen LogP contribution is -2.52. The summed E-state index contributed by atoms with van der Waals surface area (Å²) in [5.74, 6) is 0.884. The second-order valence-electron chi connectivity index (χ2n) is 7.20. The van der Waals surface area contributed by atoms with E-state index in [1.807, 2.05) is 30.3 Å². The molecule has 0 unspecified atom stereocenters. The van der Waals surface area contributed by atoms with Crippen molar-refractivity contribution in [3.05, 3.63) is 53.4 Å². The van der Waals surface area contributed by atoms with Crippen molar-refractivity contribution in [2.45, 2.75) is 25.8 Å².